The molecule has 0 fully saturated rings. The predicted octanol–water partition coefficient (Wildman–Crippen LogP) is 16.3. The molecule has 0 heterocycles. The monoisotopic (exact) mass is 757 g/mol. The number of hydrogen-bond acceptors (Lipinski definition) is 2. The summed E-state index contributed by atoms with van der Waals surface area (Å²) in [6.45, 7) is 4.57. The van der Waals surface area contributed by atoms with E-state index in [1.807, 2.05) is 0 Å². The summed E-state index contributed by atoms with van der Waals surface area (Å²) in [5.74, 6) is 0.943. The molecule has 0 aliphatic rings. The van der Waals surface area contributed by atoms with Crippen molar-refractivity contribution in [1.82, 2.24) is 0 Å². The van der Waals surface area contributed by atoms with Gasteiger partial charge in [0.2, 0.25) is 0 Å². The second kappa shape index (κ2) is 28.0. The molecule has 4 aromatic rings. The highest BCUT2D eigenvalue weighted by atomic mass is 14.5. The van der Waals surface area contributed by atoms with Gasteiger partial charge < -0.3 is 11.5 Å². The molecule has 0 aromatic heterocycles. The number of hydrogen-bond donors (Lipinski definition) is 2. The van der Waals surface area contributed by atoms with Crippen LogP contribution in [0, 0.1) is 0 Å². The van der Waals surface area contributed by atoms with Crippen LogP contribution in [-0.2, 0) is 12.8 Å². The van der Waals surface area contributed by atoms with Gasteiger partial charge in [0.15, 0.2) is 0 Å². The molecular formula is C54H80N2. The highest BCUT2D eigenvalue weighted by Crippen LogP contribution is 2.32. The molecule has 306 valence electrons. The van der Waals surface area contributed by atoms with Crippen LogP contribution in [0.4, 0.5) is 11.4 Å². The zero-order chi connectivity index (χ0) is 39.5. The third-order valence-corrected chi connectivity index (χ3v) is 12.3. The average molecular weight is 757 g/mol. The number of benzene rings is 4. The Hall–Kier alpha value is -3.52. The van der Waals surface area contributed by atoms with Crippen molar-refractivity contribution in [3.63, 3.8) is 0 Å². The van der Waals surface area contributed by atoms with Gasteiger partial charge in [0.05, 0.1) is 0 Å². The number of anilines is 2. The number of unbranched alkanes of at least 4 members (excludes halogenated alkanes) is 19. The maximum absolute atomic E-state index is 5.98. The smallest absolute Gasteiger partial charge is 0.0314 e. The molecule has 2 atom stereocenters. The van der Waals surface area contributed by atoms with Crippen molar-refractivity contribution in [2.75, 3.05) is 11.5 Å². The van der Waals surface area contributed by atoms with Crippen LogP contribution in [0.15, 0.2) is 97.1 Å². The summed E-state index contributed by atoms with van der Waals surface area (Å²) in [4.78, 5) is 0. The number of nitrogens with two attached hydrogens (primary N) is 2. The SMILES string of the molecule is CCCCCC(c1ccc(N)cc1)c1ccc(CCCCCCCCCCCCCCCCCCc2ccc(C(CCCCC)c3ccc(N)cc3)cc2)cc1. The zero-order valence-corrected chi connectivity index (χ0v) is 35.9. The summed E-state index contributed by atoms with van der Waals surface area (Å²) in [6, 6.07) is 36.2. The summed E-state index contributed by atoms with van der Waals surface area (Å²) in [5.41, 5.74) is 22.3. The molecule has 0 amide bonds. The third kappa shape index (κ3) is 17.7. The van der Waals surface area contributed by atoms with Crippen LogP contribution in [0.25, 0.3) is 0 Å². The third-order valence-electron chi connectivity index (χ3n) is 12.3. The van der Waals surface area contributed by atoms with Crippen molar-refractivity contribution in [1.29, 1.82) is 0 Å². The van der Waals surface area contributed by atoms with Gasteiger partial charge in [-0.15, -0.1) is 0 Å². The average Bonchev–Trinajstić information content (AvgIpc) is 3.22. The topological polar surface area (TPSA) is 52.0 Å². The van der Waals surface area contributed by atoms with E-state index >= 15 is 0 Å². The van der Waals surface area contributed by atoms with Crippen molar-refractivity contribution in [2.24, 2.45) is 0 Å². The van der Waals surface area contributed by atoms with Crippen LogP contribution < -0.4 is 11.5 Å². The van der Waals surface area contributed by atoms with Gasteiger partial charge in [0.25, 0.3) is 0 Å². The molecule has 0 bridgehead atoms. The minimum absolute atomic E-state index is 0.472. The van der Waals surface area contributed by atoms with E-state index in [9.17, 15) is 0 Å². The lowest BCUT2D eigenvalue weighted by atomic mass is 9.86. The van der Waals surface area contributed by atoms with Crippen LogP contribution in [0.5, 0.6) is 0 Å². The van der Waals surface area contributed by atoms with Crippen molar-refractivity contribution in [3.8, 4) is 0 Å². The van der Waals surface area contributed by atoms with E-state index in [1.54, 1.807) is 0 Å². The summed E-state index contributed by atoms with van der Waals surface area (Å²) >= 11 is 0. The molecular weight excluding hydrogens is 677 g/mol. The maximum Gasteiger partial charge on any atom is 0.0314 e. The Labute approximate surface area is 344 Å². The first-order valence-corrected chi connectivity index (χ1v) is 23.5. The summed E-state index contributed by atoms with van der Waals surface area (Å²) in [5, 5.41) is 0. The van der Waals surface area contributed by atoms with Crippen molar-refractivity contribution in [3.05, 3.63) is 130 Å². The van der Waals surface area contributed by atoms with Gasteiger partial charge in [-0.2, -0.15) is 0 Å². The molecule has 4 rings (SSSR count). The molecule has 0 aliphatic heterocycles. The Morgan fingerprint density at radius 2 is 0.554 bits per heavy atom. The van der Waals surface area contributed by atoms with Gasteiger partial charge in [0, 0.05) is 23.2 Å². The Bertz CT molecular complexity index is 1400. The zero-order valence-electron chi connectivity index (χ0n) is 35.9. The number of nitrogen functional groups attached to an aromatic ring is 2. The minimum atomic E-state index is 0.472. The highest BCUT2D eigenvalue weighted by Gasteiger charge is 2.15. The fourth-order valence-corrected chi connectivity index (χ4v) is 8.67. The molecule has 0 saturated heterocycles. The molecule has 4 aromatic carbocycles. The first kappa shape index (κ1) is 45.2. The van der Waals surface area contributed by atoms with Crippen LogP contribution in [0.1, 0.15) is 213 Å². The van der Waals surface area contributed by atoms with E-state index in [2.05, 4.69) is 111 Å². The summed E-state index contributed by atoms with van der Waals surface area (Å²) in [7, 11) is 0. The Morgan fingerprint density at radius 3 is 0.821 bits per heavy atom. The first-order valence-electron chi connectivity index (χ1n) is 23.5. The molecule has 2 nitrogen and oxygen atoms in total. The Kier molecular flexibility index (Phi) is 22.6. The van der Waals surface area contributed by atoms with E-state index in [1.165, 1.54) is 200 Å². The Balaban J connectivity index is 0.948. The maximum atomic E-state index is 5.98. The molecule has 4 N–H and O–H groups in total. The van der Waals surface area contributed by atoms with Crippen LogP contribution in [0.2, 0.25) is 0 Å². The predicted molar refractivity (Wildman–Crippen MR) is 248 cm³/mol. The summed E-state index contributed by atoms with van der Waals surface area (Å²) in [6.07, 6.45) is 35.0. The van der Waals surface area contributed by atoms with E-state index in [4.69, 9.17) is 11.5 Å². The van der Waals surface area contributed by atoms with E-state index in [0.29, 0.717) is 11.8 Å². The van der Waals surface area contributed by atoms with Crippen molar-refractivity contribution in [2.45, 2.75) is 193 Å². The first-order chi connectivity index (χ1) is 27.6. The van der Waals surface area contributed by atoms with Gasteiger partial charge in [0.1, 0.15) is 0 Å². The standard InChI is InChI=1S/C54H80N2/c1-3-5-21-27-53(49-37-41-51(55)42-38-49)47-33-29-45(30-34-47)25-23-19-17-15-13-11-9-7-8-10-12-14-16-18-20-24-26-46-31-35-48(36-32-46)54(28-22-6-4-2)50-39-43-52(56)44-40-50/h29-44,53-54H,3-28,55-56H2,1-2H3. The second-order valence-electron chi connectivity index (χ2n) is 17.1. The van der Waals surface area contributed by atoms with Crippen LogP contribution >= 0.6 is 0 Å². The van der Waals surface area contributed by atoms with Gasteiger partial charge in [-0.25, -0.2) is 0 Å². The minimum Gasteiger partial charge on any atom is -0.399 e. The van der Waals surface area contributed by atoms with E-state index < -0.39 is 0 Å². The normalized spacial score (nSPS) is 12.5. The van der Waals surface area contributed by atoms with Crippen molar-refractivity contribution >= 4 is 11.4 Å². The molecule has 2 heteroatoms. The fraction of sp³-hybridized carbons (Fsp3) is 0.556. The Morgan fingerprint density at radius 1 is 0.304 bits per heavy atom. The van der Waals surface area contributed by atoms with E-state index in [-0.39, 0.29) is 0 Å². The molecule has 0 saturated carbocycles. The highest BCUT2D eigenvalue weighted by molar-refractivity contribution is 5.44. The molecule has 56 heavy (non-hydrogen) atoms. The lowest BCUT2D eigenvalue weighted by Crippen LogP contribution is -2.02. The lowest BCUT2D eigenvalue weighted by molar-refractivity contribution is 0.528. The molecule has 0 aliphatic carbocycles. The van der Waals surface area contributed by atoms with Gasteiger partial charge in [-0.1, -0.05) is 215 Å². The fourth-order valence-electron chi connectivity index (χ4n) is 8.67. The van der Waals surface area contributed by atoms with Gasteiger partial charge in [-0.05, 0) is 96.2 Å². The largest absolute Gasteiger partial charge is 0.399 e. The number of rotatable bonds is 31. The van der Waals surface area contributed by atoms with Crippen LogP contribution in [-0.4, -0.2) is 0 Å². The lowest BCUT2D eigenvalue weighted by Gasteiger charge is -2.19. The molecule has 0 spiro atoms. The van der Waals surface area contributed by atoms with Crippen molar-refractivity contribution < 1.29 is 0 Å². The molecule has 2 unspecified atom stereocenters. The quantitative estimate of drug-likeness (QED) is 0.0397. The van der Waals surface area contributed by atoms with Gasteiger partial charge >= 0.3 is 0 Å². The summed E-state index contributed by atoms with van der Waals surface area (Å²) < 4.78 is 0. The van der Waals surface area contributed by atoms with Crippen LogP contribution in [0.3, 0.4) is 0 Å². The van der Waals surface area contributed by atoms with Gasteiger partial charge in [-0.3, -0.25) is 0 Å². The number of aryl methyl sites for hydroxylation is 2. The molecule has 0 radical (unpaired) electrons. The second-order valence-corrected chi connectivity index (χ2v) is 17.1. The van der Waals surface area contributed by atoms with E-state index in [0.717, 1.165) is 11.4 Å².